The molecule has 0 unspecified atom stereocenters. The van der Waals surface area contributed by atoms with Gasteiger partial charge in [-0.1, -0.05) is 0 Å². The molecular weight excluding hydrogens is 210 g/mol. The van der Waals surface area contributed by atoms with E-state index >= 15 is 0 Å². The molecule has 16 heavy (non-hydrogen) atoms. The van der Waals surface area contributed by atoms with E-state index in [9.17, 15) is 4.79 Å². The minimum Gasteiger partial charge on any atom is -0.463 e. The standard InChI is InChI=1S/C11H21NO4/c1-2-14-9-10-16-11(13)3-4-12-5-7-15-8-6-12/h2-10H2,1H3. The van der Waals surface area contributed by atoms with Gasteiger partial charge in [0.25, 0.3) is 0 Å². The van der Waals surface area contributed by atoms with Crippen molar-refractivity contribution in [2.45, 2.75) is 13.3 Å². The highest BCUT2D eigenvalue weighted by molar-refractivity contribution is 5.69. The fourth-order valence-corrected chi connectivity index (χ4v) is 1.51. The van der Waals surface area contributed by atoms with Crippen LogP contribution in [0.15, 0.2) is 0 Å². The molecule has 0 saturated carbocycles. The molecule has 1 aliphatic rings. The zero-order chi connectivity index (χ0) is 11.6. The average Bonchev–Trinajstić information content (AvgIpc) is 2.33. The number of ether oxygens (including phenoxy) is 3. The maximum absolute atomic E-state index is 11.3. The normalized spacial score (nSPS) is 17.3. The summed E-state index contributed by atoms with van der Waals surface area (Å²) >= 11 is 0. The zero-order valence-corrected chi connectivity index (χ0v) is 9.94. The fourth-order valence-electron chi connectivity index (χ4n) is 1.51. The summed E-state index contributed by atoms with van der Waals surface area (Å²) in [5, 5.41) is 0. The molecule has 5 heteroatoms. The van der Waals surface area contributed by atoms with Crippen LogP contribution in [0.3, 0.4) is 0 Å². The van der Waals surface area contributed by atoms with Gasteiger partial charge in [-0.05, 0) is 6.92 Å². The minimum absolute atomic E-state index is 0.147. The van der Waals surface area contributed by atoms with Crippen LogP contribution in [0.5, 0.6) is 0 Å². The van der Waals surface area contributed by atoms with Gasteiger partial charge in [0, 0.05) is 26.2 Å². The molecule has 0 atom stereocenters. The van der Waals surface area contributed by atoms with Crippen LogP contribution in [0.25, 0.3) is 0 Å². The van der Waals surface area contributed by atoms with Crippen molar-refractivity contribution in [3.63, 3.8) is 0 Å². The Morgan fingerprint density at radius 3 is 2.75 bits per heavy atom. The van der Waals surface area contributed by atoms with E-state index in [0.29, 0.717) is 26.2 Å². The number of morpholine rings is 1. The molecule has 5 nitrogen and oxygen atoms in total. The molecule has 0 aromatic carbocycles. The number of hydrogen-bond acceptors (Lipinski definition) is 5. The summed E-state index contributed by atoms with van der Waals surface area (Å²) in [6, 6.07) is 0. The van der Waals surface area contributed by atoms with Crippen molar-refractivity contribution in [2.75, 3.05) is 52.7 Å². The Balaban J connectivity index is 1.96. The van der Waals surface area contributed by atoms with Crippen LogP contribution >= 0.6 is 0 Å². The molecule has 1 fully saturated rings. The van der Waals surface area contributed by atoms with Gasteiger partial charge in [-0.25, -0.2) is 0 Å². The molecule has 1 rings (SSSR count). The van der Waals surface area contributed by atoms with E-state index < -0.39 is 0 Å². The van der Waals surface area contributed by atoms with Crippen molar-refractivity contribution in [2.24, 2.45) is 0 Å². The predicted octanol–water partition coefficient (Wildman–Crippen LogP) is 0.288. The summed E-state index contributed by atoms with van der Waals surface area (Å²) in [6.07, 6.45) is 0.451. The zero-order valence-electron chi connectivity index (χ0n) is 9.94. The predicted molar refractivity (Wildman–Crippen MR) is 59.3 cm³/mol. The first kappa shape index (κ1) is 13.4. The quantitative estimate of drug-likeness (QED) is 0.465. The van der Waals surface area contributed by atoms with E-state index in [0.717, 1.165) is 32.8 Å². The van der Waals surface area contributed by atoms with E-state index in [1.807, 2.05) is 6.92 Å². The van der Waals surface area contributed by atoms with Crippen LogP contribution in [-0.2, 0) is 19.0 Å². The number of hydrogen-bond donors (Lipinski definition) is 0. The minimum atomic E-state index is -0.147. The molecule has 0 N–H and O–H groups in total. The van der Waals surface area contributed by atoms with E-state index in [-0.39, 0.29) is 5.97 Å². The lowest BCUT2D eigenvalue weighted by Gasteiger charge is -2.25. The lowest BCUT2D eigenvalue weighted by Crippen LogP contribution is -2.37. The van der Waals surface area contributed by atoms with Crippen molar-refractivity contribution in [3.8, 4) is 0 Å². The van der Waals surface area contributed by atoms with Crippen molar-refractivity contribution < 1.29 is 19.0 Å². The second kappa shape index (κ2) is 8.50. The van der Waals surface area contributed by atoms with Gasteiger partial charge in [0.1, 0.15) is 6.61 Å². The first-order valence-corrected chi connectivity index (χ1v) is 5.86. The third-order valence-corrected chi connectivity index (χ3v) is 2.43. The highest BCUT2D eigenvalue weighted by Gasteiger charge is 2.12. The van der Waals surface area contributed by atoms with Gasteiger partial charge in [-0.15, -0.1) is 0 Å². The van der Waals surface area contributed by atoms with Crippen LogP contribution in [-0.4, -0.2) is 63.5 Å². The molecule has 0 aromatic heterocycles. The van der Waals surface area contributed by atoms with E-state index in [1.54, 1.807) is 0 Å². The van der Waals surface area contributed by atoms with Gasteiger partial charge in [-0.2, -0.15) is 0 Å². The van der Waals surface area contributed by atoms with Crippen LogP contribution in [0.4, 0.5) is 0 Å². The van der Waals surface area contributed by atoms with Crippen molar-refractivity contribution in [1.82, 2.24) is 4.90 Å². The van der Waals surface area contributed by atoms with Gasteiger partial charge < -0.3 is 14.2 Å². The first-order valence-electron chi connectivity index (χ1n) is 5.86. The third kappa shape index (κ3) is 6.05. The second-order valence-corrected chi connectivity index (χ2v) is 3.62. The van der Waals surface area contributed by atoms with Crippen LogP contribution in [0.1, 0.15) is 13.3 Å². The first-order chi connectivity index (χ1) is 7.83. The SMILES string of the molecule is CCOCCOC(=O)CCN1CCOCC1. The molecule has 0 aliphatic carbocycles. The summed E-state index contributed by atoms with van der Waals surface area (Å²) in [7, 11) is 0. The Labute approximate surface area is 96.6 Å². The van der Waals surface area contributed by atoms with Crippen LogP contribution < -0.4 is 0 Å². The molecular formula is C11H21NO4. The summed E-state index contributed by atoms with van der Waals surface area (Å²) in [5.41, 5.74) is 0. The molecule has 0 spiro atoms. The number of nitrogens with zero attached hydrogens (tertiary/aromatic N) is 1. The Kier molecular flexibility index (Phi) is 7.12. The number of rotatable bonds is 7. The molecule has 1 heterocycles. The maximum Gasteiger partial charge on any atom is 0.307 e. The topological polar surface area (TPSA) is 48.0 Å². The lowest BCUT2D eigenvalue weighted by molar-refractivity contribution is -0.145. The van der Waals surface area contributed by atoms with Gasteiger partial charge in [0.05, 0.1) is 26.2 Å². The van der Waals surface area contributed by atoms with Gasteiger partial charge in [-0.3, -0.25) is 9.69 Å². The number of esters is 1. The molecule has 1 aliphatic heterocycles. The molecule has 0 bridgehead atoms. The highest BCUT2D eigenvalue weighted by atomic mass is 16.6. The Morgan fingerprint density at radius 2 is 2.06 bits per heavy atom. The van der Waals surface area contributed by atoms with Crippen molar-refractivity contribution in [1.29, 1.82) is 0 Å². The van der Waals surface area contributed by atoms with Crippen LogP contribution in [0, 0.1) is 0 Å². The number of carbonyl (C=O) groups is 1. The van der Waals surface area contributed by atoms with E-state index in [4.69, 9.17) is 14.2 Å². The second-order valence-electron chi connectivity index (χ2n) is 3.62. The average molecular weight is 231 g/mol. The summed E-state index contributed by atoms with van der Waals surface area (Å²) < 4.78 is 15.3. The van der Waals surface area contributed by atoms with Gasteiger partial charge in [0.2, 0.25) is 0 Å². The maximum atomic E-state index is 11.3. The fraction of sp³-hybridized carbons (Fsp3) is 0.909. The van der Waals surface area contributed by atoms with Crippen LogP contribution in [0.2, 0.25) is 0 Å². The van der Waals surface area contributed by atoms with Crippen molar-refractivity contribution >= 4 is 5.97 Å². The molecule has 94 valence electrons. The number of carbonyl (C=O) groups excluding carboxylic acids is 1. The van der Waals surface area contributed by atoms with Crippen molar-refractivity contribution in [3.05, 3.63) is 0 Å². The Bertz CT molecular complexity index is 192. The largest absolute Gasteiger partial charge is 0.463 e. The van der Waals surface area contributed by atoms with Gasteiger partial charge >= 0.3 is 5.97 Å². The summed E-state index contributed by atoms with van der Waals surface area (Å²) in [6.45, 7) is 7.52. The Hall–Kier alpha value is -0.650. The Morgan fingerprint density at radius 1 is 1.31 bits per heavy atom. The highest BCUT2D eigenvalue weighted by Crippen LogP contribution is 1.98. The summed E-state index contributed by atoms with van der Waals surface area (Å²) in [5.74, 6) is -0.147. The molecule has 0 amide bonds. The molecule has 0 radical (unpaired) electrons. The molecule has 0 aromatic rings. The third-order valence-electron chi connectivity index (χ3n) is 2.43. The summed E-state index contributed by atoms with van der Waals surface area (Å²) in [4.78, 5) is 13.5. The molecule has 1 saturated heterocycles. The smallest absolute Gasteiger partial charge is 0.307 e. The van der Waals surface area contributed by atoms with E-state index in [1.165, 1.54) is 0 Å². The van der Waals surface area contributed by atoms with Gasteiger partial charge in [0.15, 0.2) is 0 Å². The monoisotopic (exact) mass is 231 g/mol. The van der Waals surface area contributed by atoms with E-state index in [2.05, 4.69) is 4.90 Å². The lowest BCUT2D eigenvalue weighted by atomic mass is 10.3.